The van der Waals surface area contributed by atoms with Gasteiger partial charge in [0.2, 0.25) is 0 Å². The summed E-state index contributed by atoms with van der Waals surface area (Å²) in [5.74, 6) is 0. The maximum atomic E-state index is 5.70. The lowest BCUT2D eigenvalue weighted by Gasteiger charge is -2.02. The van der Waals surface area contributed by atoms with Crippen molar-refractivity contribution in [3.8, 4) is 0 Å². The molecule has 0 aromatic carbocycles. The number of fused-ring (bicyclic) bond motifs is 1. The van der Waals surface area contributed by atoms with Gasteiger partial charge in [-0.1, -0.05) is 6.07 Å². The van der Waals surface area contributed by atoms with E-state index in [1.807, 2.05) is 30.5 Å². The minimum Gasteiger partial charge on any atom is -0.330 e. The SMILES string of the molecule is NCCc1c(Sc2ccncn2)nc2ccccn12. The van der Waals surface area contributed by atoms with Crippen LogP contribution in [0.15, 0.2) is 53.0 Å². The molecule has 6 heteroatoms. The highest BCUT2D eigenvalue weighted by Crippen LogP contribution is 2.28. The van der Waals surface area contributed by atoms with Crippen LogP contribution in [0.2, 0.25) is 0 Å². The first-order valence-electron chi connectivity index (χ1n) is 5.98. The molecule has 3 heterocycles. The largest absolute Gasteiger partial charge is 0.330 e. The Labute approximate surface area is 114 Å². The molecule has 0 amide bonds. The molecule has 2 N–H and O–H groups in total. The molecule has 0 fully saturated rings. The van der Waals surface area contributed by atoms with E-state index in [2.05, 4.69) is 19.4 Å². The molecule has 5 nitrogen and oxygen atoms in total. The molecule has 0 spiro atoms. The van der Waals surface area contributed by atoms with Crippen molar-refractivity contribution in [3.05, 3.63) is 48.7 Å². The molecular formula is C13H13N5S. The highest BCUT2D eigenvalue weighted by atomic mass is 32.2. The quantitative estimate of drug-likeness (QED) is 0.732. The van der Waals surface area contributed by atoms with Gasteiger partial charge in [-0.2, -0.15) is 0 Å². The third-order valence-corrected chi connectivity index (χ3v) is 3.70. The van der Waals surface area contributed by atoms with Crippen molar-refractivity contribution >= 4 is 17.4 Å². The third-order valence-electron chi connectivity index (χ3n) is 2.73. The zero-order valence-corrected chi connectivity index (χ0v) is 11.0. The molecule has 0 atom stereocenters. The summed E-state index contributed by atoms with van der Waals surface area (Å²) in [6, 6.07) is 7.84. The van der Waals surface area contributed by atoms with E-state index in [4.69, 9.17) is 5.73 Å². The van der Waals surface area contributed by atoms with Crippen LogP contribution >= 0.6 is 11.8 Å². The smallest absolute Gasteiger partial charge is 0.138 e. The number of hydrogen-bond acceptors (Lipinski definition) is 5. The van der Waals surface area contributed by atoms with E-state index in [9.17, 15) is 0 Å². The van der Waals surface area contributed by atoms with Gasteiger partial charge < -0.3 is 10.1 Å². The van der Waals surface area contributed by atoms with E-state index in [1.54, 1.807) is 24.3 Å². The minimum atomic E-state index is 0.597. The van der Waals surface area contributed by atoms with E-state index in [-0.39, 0.29) is 0 Å². The Kier molecular flexibility index (Phi) is 3.43. The second-order valence-corrected chi connectivity index (χ2v) is 4.99. The van der Waals surface area contributed by atoms with Crippen LogP contribution in [0.5, 0.6) is 0 Å². The first kappa shape index (κ1) is 12.1. The highest BCUT2D eigenvalue weighted by molar-refractivity contribution is 7.99. The van der Waals surface area contributed by atoms with Gasteiger partial charge in [0.25, 0.3) is 0 Å². The Bertz CT molecular complexity index is 680. The number of hydrogen-bond donors (Lipinski definition) is 1. The molecular weight excluding hydrogens is 258 g/mol. The molecule has 0 unspecified atom stereocenters. The van der Waals surface area contributed by atoms with E-state index in [0.717, 1.165) is 27.8 Å². The fraction of sp³-hybridized carbons (Fsp3) is 0.154. The third kappa shape index (κ3) is 2.45. The molecule has 0 aliphatic rings. The summed E-state index contributed by atoms with van der Waals surface area (Å²) in [4.78, 5) is 12.8. The van der Waals surface area contributed by atoms with Gasteiger partial charge in [0, 0.05) is 18.8 Å². The fourth-order valence-corrected chi connectivity index (χ4v) is 2.79. The maximum Gasteiger partial charge on any atom is 0.138 e. The molecule has 3 rings (SSSR count). The molecule has 0 aliphatic carbocycles. The van der Waals surface area contributed by atoms with Crippen LogP contribution in [0, 0.1) is 0 Å². The Morgan fingerprint density at radius 1 is 1.26 bits per heavy atom. The topological polar surface area (TPSA) is 69.1 Å². The molecule has 3 aromatic rings. The van der Waals surface area contributed by atoms with Crippen LogP contribution in [-0.4, -0.2) is 25.9 Å². The summed E-state index contributed by atoms with van der Waals surface area (Å²) in [5, 5.41) is 1.84. The average Bonchev–Trinajstić information content (AvgIpc) is 2.79. The fourth-order valence-electron chi connectivity index (χ4n) is 1.91. The molecule has 0 saturated carbocycles. The van der Waals surface area contributed by atoms with Gasteiger partial charge in [0.1, 0.15) is 22.0 Å². The Morgan fingerprint density at radius 2 is 2.21 bits per heavy atom. The lowest BCUT2D eigenvalue weighted by molar-refractivity contribution is 0.875. The van der Waals surface area contributed by atoms with Crippen molar-refractivity contribution in [2.75, 3.05) is 6.54 Å². The first-order chi connectivity index (χ1) is 9.38. The van der Waals surface area contributed by atoms with Gasteiger partial charge >= 0.3 is 0 Å². The van der Waals surface area contributed by atoms with Gasteiger partial charge in [0.15, 0.2) is 0 Å². The minimum absolute atomic E-state index is 0.597. The van der Waals surface area contributed by atoms with E-state index < -0.39 is 0 Å². The van der Waals surface area contributed by atoms with Crippen LogP contribution in [0.1, 0.15) is 5.69 Å². The van der Waals surface area contributed by atoms with Gasteiger partial charge in [-0.25, -0.2) is 15.0 Å². The summed E-state index contributed by atoms with van der Waals surface area (Å²) in [6.07, 6.45) is 6.07. The van der Waals surface area contributed by atoms with Crippen molar-refractivity contribution in [1.29, 1.82) is 0 Å². The molecule has 0 aliphatic heterocycles. The van der Waals surface area contributed by atoms with Crippen LogP contribution in [0.4, 0.5) is 0 Å². The average molecular weight is 271 g/mol. The molecule has 96 valence electrons. The van der Waals surface area contributed by atoms with Crippen LogP contribution in [0.25, 0.3) is 5.65 Å². The molecule has 3 aromatic heterocycles. The number of rotatable bonds is 4. The van der Waals surface area contributed by atoms with Crippen molar-refractivity contribution in [2.24, 2.45) is 5.73 Å². The second-order valence-electron chi connectivity index (χ2n) is 3.98. The standard InChI is InChI=1S/C13H13N5S/c14-6-4-10-13(19-12-5-7-15-9-16-12)17-11-3-1-2-8-18(10)11/h1-3,5,7-9H,4,6,14H2. The number of imidazole rings is 1. The molecule has 0 saturated heterocycles. The number of pyridine rings is 1. The Hall–Kier alpha value is -1.92. The normalized spacial score (nSPS) is 11.0. The van der Waals surface area contributed by atoms with Crippen molar-refractivity contribution in [2.45, 2.75) is 16.5 Å². The van der Waals surface area contributed by atoms with E-state index in [1.165, 1.54) is 0 Å². The van der Waals surface area contributed by atoms with E-state index >= 15 is 0 Å². The predicted octanol–water partition coefficient (Wildman–Crippen LogP) is 1.78. The van der Waals surface area contributed by atoms with Crippen molar-refractivity contribution in [3.63, 3.8) is 0 Å². The highest BCUT2D eigenvalue weighted by Gasteiger charge is 2.12. The monoisotopic (exact) mass is 271 g/mol. The van der Waals surface area contributed by atoms with Gasteiger partial charge in [-0.05, 0) is 36.5 Å². The van der Waals surface area contributed by atoms with Crippen LogP contribution in [0.3, 0.4) is 0 Å². The maximum absolute atomic E-state index is 5.70. The lowest BCUT2D eigenvalue weighted by atomic mass is 10.3. The predicted molar refractivity (Wildman–Crippen MR) is 74.1 cm³/mol. The van der Waals surface area contributed by atoms with Crippen molar-refractivity contribution in [1.82, 2.24) is 19.4 Å². The summed E-state index contributed by atoms with van der Waals surface area (Å²) < 4.78 is 2.08. The molecule has 19 heavy (non-hydrogen) atoms. The van der Waals surface area contributed by atoms with E-state index in [0.29, 0.717) is 6.54 Å². The number of nitrogens with two attached hydrogens (primary N) is 1. The van der Waals surface area contributed by atoms with Crippen LogP contribution in [-0.2, 0) is 6.42 Å². The summed E-state index contributed by atoms with van der Waals surface area (Å²) in [6.45, 7) is 0.597. The van der Waals surface area contributed by atoms with Gasteiger partial charge in [-0.15, -0.1) is 0 Å². The zero-order chi connectivity index (χ0) is 13.1. The number of aromatic nitrogens is 4. The first-order valence-corrected chi connectivity index (χ1v) is 6.80. The summed E-state index contributed by atoms with van der Waals surface area (Å²) in [7, 11) is 0. The second kappa shape index (κ2) is 5.38. The summed E-state index contributed by atoms with van der Waals surface area (Å²) >= 11 is 1.54. The molecule has 0 bridgehead atoms. The molecule has 0 radical (unpaired) electrons. The summed E-state index contributed by atoms with van der Waals surface area (Å²) in [5.41, 5.74) is 7.76. The Morgan fingerprint density at radius 3 is 3.00 bits per heavy atom. The van der Waals surface area contributed by atoms with Crippen molar-refractivity contribution < 1.29 is 0 Å². The zero-order valence-electron chi connectivity index (χ0n) is 10.2. The van der Waals surface area contributed by atoms with Gasteiger partial charge in [-0.3, -0.25) is 0 Å². The van der Waals surface area contributed by atoms with Gasteiger partial charge in [0.05, 0.1) is 5.69 Å². The lowest BCUT2D eigenvalue weighted by Crippen LogP contribution is -2.05. The number of nitrogens with zero attached hydrogens (tertiary/aromatic N) is 4. The van der Waals surface area contributed by atoms with Crippen LogP contribution < -0.4 is 5.73 Å². The Balaban J connectivity index is 2.04.